The number of nitrogens with zero attached hydrogens (tertiary/aromatic N) is 4. The van der Waals surface area contributed by atoms with Crippen molar-refractivity contribution in [2.24, 2.45) is 0 Å². The van der Waals surface area contributed by atoms with E-state index in [0.717, 1.165) is 26.1 Å². The van der Waals surface area contributed by atoms with E-state index in [0.29, 0.717) is 17.6 Å². The van der Waals surface area contributed by atoms with Crippen LogP contribution in [0.2, 0.25) is 0 Å². The van der Waals surface area contributed by atoms with E-state index in [1.165, 1.54) is 5.69 Å². The summed E-state index contributed by atoms with van der Waals surface area (Å²) < 4.78 is 5.15. The van der Waals surface area contributed by atoms with Crippen LogP contribution in [0, 0.1) is 6.92 Å². The Labute approximate surface area is 106 Å². The van der Waals surface area contributed by atoms with E-state index in [1.54, 1.807) is 0 Å². The average Bonchev–Trinajstić information content (AvgIpc) is 3.01. The number of hydrogen-bond acceptors (Lipinski definition) is 5. The predicted octanol–water partition coefficient (Wildman–Crippen LogP) is 1.76. The highest BCUT2D eigenvalue weighted by atomic mass is 16.5. The van der Waals surface area contributed by atoms with Crippen molar-refractivity contribution in [1.82, 2.24) is 20.0 Å². The Kier molecular flexibility index (Phi) is 3.06. The molecule has 1 unspecified atom stereocenters. The summed E-state index contributed by atoms with van der Waals surface area (Å²) in [4.78, 5) is 11.0. The summed E-state index contributed by atoms with van der Waals surface area (Å²) in [6.45, 7) is 4.65. The van der Waals surface area contributed by atoms with Crippen LogP contribution >= 0.6 is 0 Å². The average molecular weight is 244 g/mol. The molecule has 0 radical (unpaired) electrons. The van der Waals surface area contributed by atoms with Crippen molar-refractivity contribution < 1.29 is 4.52 Å². The van der Waals surface area contributed by atoms with Crippen molar-refractivity contribution in [2.75, 3.05) is 13.1 Å². The molecule has 1 fully saturated rings. The molecule has 0 amide bonds. The third-order valence-electron chi connectivity index (χ3n) is 3.31. The van der Waals surface area contributed by atoms with Crippen molar-refractivity contribution in [3.05, 3.63) is 41.8 Å². The van der Waals surface area contributed by atoms with E-state index in [1.807, 2.05) is 25.3 Å². The quantitative estimate of drug-likeness (QED) is 0.823. The number of likely N-dealkylation sites (tertiary alicyclic amines) is 1. The van der Waals surface area contributed by atoms with Gasteiger partial charge in [0.2, 0.25) is 5.89 Å². The van der Waals surface area contributed by atoms with Crippen molar-refractivity contribution in [2.45, 2.75) is 25.8 Å². The SMILES string of the molecule is Cc1noc(CN2CCC(c3ccccn3)C2)n1. The van der Waals surface area contributed by atoms with Gasteiger partial charge in [-0.15, -0.1) is 0 Å². The third kappa shape index (κ3) is 2.41. The maximum Gasteiger partial charge on any atom is 0.240 e. The zero-order chi connectivity index (χ0) is 12.4. The Balaban J connectivity index is 1.62. The van der Waals surface area contributed by atoms with Gasteiger partial charge in [-0.25, -0.2) is 0 Å². The van der Waals surface area contributed by atoms with E-state index in [9.17, 15) is 0 Å². The van der Waals surface area contributed by atoms with Crippen LogP contribution in [0.25, 0.3) is 0 Å². The smallest absolute Gasteiger partial charge is 0.240 e. The zero-order valence-corrected chi connectivity index (χ0v) is 10.4. The van der Waals surface area contributed by atoms with Gasteiger partial charge in [0.05, 0.1) is 6.54 Å². The van der Waals surface area contributed by atoms with Gasteiger partial charge in [0.1, 0.15) is 0 Å². The molecule has 3 heterocycles. The second-order valence-corrected chi connectivity index (χ2v) is 4.71. The van der Waals surface area contributed by atoms with Crippen molar-refractivity contribution in [3.8, 4) is 0 Å². The second kappa shape index (κ2) is 4.86. The van der Waals surface area contributed by atoms with Crippen LogP contribution in [0.5, 0.6) is 0 Å². The molecular weight excluding hydrogens is 228 g/mol. The molecule has 5 nitrogen and oxygen atoms in total. The molecule has 2 aromatic heterocycles. The Morgan fingerprint density at radius 2 is 2.39 bits per heavy atom. The molecule has 0 saturated carbocycles. The monoisotopic (exact) mass is 244 g/mol. The molecule has 1 atom stereocenters. The second-order valence-electron chi connectivity index (χ2n) is 4.71. The van der Waals surface area contributed by atoms with Gasteiger partial charge in [-0.05, 0) is 32.0 Å². The summed E-state index contributed by atoms with van der Waals surface area (Å²) in [6, 6.07) is 6.11. The minimum Gasteiger partial charge on any atom is -0.338 e. The minimum absolute atomic E-state index is 0.523. The molecule has 18 heavy (non-hydrogen) atoms. The summed E-state index contributed by atoms with van der Waals surface area (Å²) in [5, 5.41) is 3.81. The van der Waals surface area contributed by atoms with Gasteiger partial charge in [-0.3, -0.25) is 9.88 Å². The highest BCUT2D eigenvalue weighted by Crippen LogP contribution is 2.26. The fourth-order valence-corrected chi connectivity index (χ4v) is 2.43. The lowest BCUT2D eigenvalue weighted by Crippen LogP contribution is -2.20. The summed E-state index contributed by atoms with van der Waals surface area (Å²) >= 11 is 0. The van der Waals surface area contributed by atoms with Crippen molar-refractivity contribution >= 4 is 0 Å². The van der Waals surface area contributed by atoms with Crippen molar-refractivity contribution in [3.63, 3.8) is 0 Å². The molecule has 0 bridgehead atoms. The first-order valence-corrected chi connectivity index (χ1v) is 6.24. The Bertz CT molecular complexity index is 511. The molecule has 2 aromatic rings. The predicted molar refractivity (Wildman–Crippen MR) is 65.9 cm³/mol. The molecule has 3 rings (SSSR count). The summed E-state index contributed by atoms with van der Waals surface area (Å²) in [6.07, 6.45) is 3.00. The largest absolute Gasteiger partial charge is 0.338 e. The summed E-state index contributed by atoms with van der Waals surface area (Å²) in [5.41, 5.74) is 1.18. The first-order chi connectivity index (χ1) is 8.81. The number of hydrogen-bond donors (Lipinski definition) is 0. The number of aryl methyl sites for hydroxylation is 1. The van der Waals surface area contributed by atoms with Crippen LogP contribution in [0.1, 0.15) is 29.7 Å². The van der Waals surface area contributed by atoms with E-state index in [2.05, 4.69) is 26.1 Å². The van der Waals surface area contributed by atoms with Gasteiger partial charge in [-0.2, -0.15) is 4.98 Å². The lowest BCUT2D eigenvalue weighted by atomic mass is 10.0. The van der Waals surface area contributed by atoms with E-state index in [-0.39, 0.29) is 0 Å². The summed E-state index contributed by atoms with van der Waals surface area (Å²) in [7, 11) is 0. The Morgan fingerprint density at radius 3 is 3.11 bits per heavy atom. The molecule has 0 N–H and O–H groups in total. The van der Waals surface area contributed by atoms with Gasteiger partial charge >= 0.3 is 0 Å². The highest BCUT2D eigenvalue weighted by Gasteiger charge is 2.25. The van der Waals surface area contributed by atoms with Gasteiger partial charge in [-0.1, -0.05) is 11.2 Å². The molecule has 0 spiro atoms. The maximum absolute atomic E-state index is 5.15. The number of pyridine rings is 1. The lowest BCUT2D eigenvalue weighted by Gasteiger charge is -2.12. The van der Waals surface area contributed by atoms with Crippen LogP contribution in [0.4, 0.5) is 0 Å². The van der Waals surface area contributed by atoms with Gasteiger partial charge in [0.15, 0.2) is 5.82 Å². The molecule has 1 aliphatic heterocycles. The first-order valence-electron chi connectivity index (χ1n) is 6.24. The third-order valence-corrected chi connectivity index (χ3v) is 3.31. The molecule has 1 aliphatic rings. The van der Waals surface area contributed by atoms with Crippen LogP contribution < -0.4 is 0 Å². The molecule has 5 heteroatoms. The standard InChI is InChI=1S/C13H16N4O/c1-10-15-13(18-16-10)9-17-7-5-11(8-17)12-4-2-3-6-14-12/h2-4,6,11H,5,7-9H2,1H3. The topological polar surface area (TPSA) is 55.1 Å². The number of aromatic nitrogens is 3. The highest BCUT2D eigenvalue weighted by molar-refractivity contribution is 5.11. The van der Waals surface area contributed by atoms with Crippen LogP contribution in [0.3, 0.4) is 0 Å². The Hall–Kier alpha value is -1.75. The van der Waals surface area contributed by atoms with E-state index < -0.39 is 0 Å². The first kappa shape index (κ1) is 11.3. The van der Waals surface area contributed by atoms with Crippen molar-refractivity contribution in [1.29, 1.82) is 0 Å². The van der Waals surface area contributed by atoms with Gasteiger partial charge in [0.25, 0.3) is 0 Å². The molecular formula is C13H16N4O. The minimum atomic E-state index is 0.523. The number of rotatable bonds is 3. The molecule has 94 valence electrons. The lowest BCUT2D eigenvalue weighted by molar-refractivity contribution is 0.265. The van der Waals surface area contributed by atoms with E-state index >= 15 is 0 Å². The molecule has 0 aromatic carbocycles. The van der Waals surface area contributed by atoms with Crippen LogP contribution in [0.15, 0.2) is 28.9 Å². The maximum atomic E-state index is 5.15. The van der Waals surface area contributed by atoms with Gasteiger partial charge in [0, 0.05) is 24.4 Å². The van der Waals surface area contributed by atoms with Gasteiger partial charge < -0.3 is 4.52 Å². The Morgan fingerprint density at radius 1 is 1.44 bits per heavy atom. The van der Waals surface area contributed by atoms with Crippen LogP contribution in [-0.4, -0.2) is 33.1 Å². The molecule has 0 aliphatic carbocycles. The normalized spacial score (nSPS) is 20.4. The van der Waals surface area contributed by atoms with E-state index in [4.69, 9.17) is 4.52 Å². The van der Waals surface area contributed by atoms with Crippen LogP contribution in [-0.2, 0) is 6.54 Å². The fourth-order valence-electron chi connectivity index (χ4n) is 2.43. The zero-order valence-electron chi connectivity index (χ0n) is 10.4. The fraction of sp³-hybridized carbons (Fsp3) is 0.462. The summed E-state index contributed by atoms with van der Waals surface area (Å²) in [5.74, 6) is 1.93. The molecule has 1 saturated heterocycles.